The van der Waals surface area contributed by atoms with Crippen molar-refractivity contribution >= 4 is 20.9 Å². The van der Waals surface area contributed by atoms with E-state index in [0.29, 0.717) is 12.1 Å². The van der Waals surface area contributed by atoms with Gasteiger partial charge in [0.2, 0.25) is 0 Å². The van der Waals surface area contributed by atoms with Crippen LogP contribution in [0.3, 0.4) is 0 Å². The fourth-order valence-electron chi connectivity index (χ4n) is 1.42. The minimum atomic E-state index is -2.94. The lowest BCUT2D eigenvalue weighted by atomic mass is 10.2. The molecule has 0 radical (unpaired) electrons. The summed E-state index contributed by atoms with van der Waals surface area (Å²) in [5.74, 6) is 0.123. The molecular formula is C11H12N2O2S. The van der Waals surface area contributed by atoms with E-state index in [9.17, 15) is 8.42 Å². The third-order valence-electron chi connectivity index (χ3n) is 2.25. The minimum absolute atomic E-state index is 0.123. The second-order valence-corrected chi connectivity index (χ2v) is 5.99. The van der Waals surface area contributed by atoms with E-state index in [-0.39, 0.29) is 5.75 Å². The standard InChI is InChI=1S/C11H12N2O2S/c1-16(14,15)8-6-10-5-4-9-3-2-7-12-11(9)13-10/h2-5,7H,6,8H2,1H3. The number of aryl methyl sites for hydroxylation is 1. The van der Waals surface area contributed by atoms with E-state index in [1.54, 1.807) is 6.20 Å². The molecule has 0 saturated heterocycles. The highest BCUT2D eigenvalue weighted by molar-refractivity contribution is 7.90. The smallest absolute Gasteiger partial charge is 0.159 e. The number of fused-ring (bicyclic) bond motifs is 1. The molecule has 0 saturated carbocycles. The number of rotatable bonds is 3. The van der Waals surface area contributed by atoms with E-state index < -0.39 is 9.84 Å². The molecule has 0 N–H and O–H groups in total. The maximum atomic E-state index is 11.0. The molecule has 5 heteroatoms. The van der Waals surface area contributed by atoms with Gasteiger partial charge in [-0.1, -0.05) is 0 Å². The molecule has 2 rings (SSSR count). The topological polar surface area (TPSA) is 59.9 Å². The first-order valence-corrected chi connectivity index (χ1v) is 6.99. The molecular weight excluding hydrogens is 224 g/mol. The fraction of sp³-hybridized carbons (Fsp3) is 0.273. The Labute approximate surface area is 94.3 Å². The average Bonchev–Trinajstić information content (AvgIpc) is 2.25. The number of pyridine rings is 2. The zero-order chi connectivity index (χ0) is 11.6. The molecule has 0 fully saturated rings. The Morgan fingerprint density at radius 2 is 2.06 bits per heavy atom. The van der Waals surface area contributed by atoms with E-state index in [1.807, 2.05) is 24.3 Å². The second-order valence-electron chi connectivity index (χ2n) is 3.73. The summed E-state index contributed by atoms with van der Waals surface area (Å²) < 4.78 is 22.0. The van der Waals surface area contributed by atoms with E-state index in [4.69, 9.17) is 0 Å². The van der Waals surface area contributed by atoms with Gasteiger partial charge in [0, 0.05) is 30.0 Å². The Bertz CT molecular complexity index is 608. The monoisotopic (exact) mass is 236 g/mol. The second kappa shape index (κ2) is 4.17. The Hall–Kier alpha value is -1.49. The van der Waals surface area contributed by atoms with Gasteiger partial charge in [-0.25, -0.2) is 18.4 Å². The van der Waals surface area contributed by atoms with Gasteiger partial charge >= 0.3 is 0 Å². The highest BCUT2D eigenvalue weighted by Crippen LogP contribution is 2.09. The van der Waals surface area contributed by atoms with Gasteiger partial charge in [0.1, 0.15) is 9.84 Å². The Morgan fingerprint density at radius 3 is 2.81 bits per heavy atom. The summed E-state index contributed by atoms with van der Waals surface area (Å²) in [5, 5.41) is 0.964. The minimum Gasteiger partial charge on any atom is -0.237 e. The molecule has 0 spiro atoms. The van der Waals surface area contributed by atoms with E-state index >= 15 is 0 Å². The molecule has 0 bridgehead atoms. The quantitative estimate of drug-likeness (QED) is 0.804. The van der Waals surface area contributed by atoms with Crippen molar-refractivity contribution in [3.05, 3.63) is 36.2 Å². The average molecular weight is 236 g/mol. The number of hydrogen-bond acceptors (Lipinski definition) is 4. The summed E-state index contributed by atoms with van der Waals surface area (Å²) in [5.41, 5.74) is 1.42. The maximum absolute atomic E-state index is 11.0. The molecule has 0 atom stereocenters. The first-order valence-electron chi connectivity index (χ1n) is 4.93. The molecule has 2 heterocycles. The molecule has 0 aliphatic heterocycles. The van der Waals surface area contributed by atoms with Crippen LogP contribution in [0.1, 0.15) is 5.69 Å². The molecule has 4 nitrogen and oxygen atoms in total. The Morgan fingerprint density at radius 1 is 1.25 bits per heavy atom. The van der Waals surface area contributed by atoms with Crippen LogP contribution in [0.4, 0.5) is 0 Å². The lowest BCUT2D eigenvalue weighted by Crippen LogP contribution is -2.07. The van der Waals surface area contributed by atoms with Crippen LogP contribution in [-0.4, -0.2) is 30.4 Å². The van der Waals surface area contributed by atoms with Crippen molar-refractivity contribution in [1.82, 2.24) is 9.97 Å². The van der Waals surface area contributed by atoms with Gasteiger partial charge < -0.3 is 0 Å². The van der Waals surface area contributed by atoms with Crippen LogP contribution in [-0.2, 0) is 16.3 Å². The van der Waals surface area contributed by atoms with Crippen LogP contribution in [0.25, 0.3) is 11.0 Å². The fourth-order valence-corrected chi connectivity index (χ4v) is 2.00. The lowest BCUT2D eigenvalue weighted by Gasteiger charge is -2.01. The van der Waals surface area contributed by atoms with Gasteiger partial charge in [0.15, 0.2) is 5.65 Å². The Kier molecular flexibility index (Phi) is 2.87. The molecule has 0 aromatic carbocycles. The molecule has 0 unspecified atom stereocenters. The summed E-state index contributed by atoms with van der Waals surface area (Å²) in [4.78, 5) is 8.43. The van der Waals surface area contributed by atoms with Crippen molar-refractivity contribution in [3.8, 4) is 0 Å². The molecule has 2 aromatic rings. The first-order chi connectivity index (χ1) is 7.54. The SMILES string of the molecule is CS(=O)(=O)CCc1ccc2cccnc2n1. The summed E-state index contributed by atoms with van der Waals surface area (Å²) in [6.07, 6.45) is 3.34. The predicted octanol–water partition coefficient (Wildman–Crippen LogP) is 1.22. The van der Waals surface area contributed by atoms with Crippen LogP contribution in [0, 0.1) is 0 Å². The molecule has 0 amide bonds. The first kappa shape index (κ1) is 11.0. The van der Waals surface area contributed by atoms with Crippen LogP contribution in [0.2, 0.25) is 0 Å². The van der Waals surface area contributed by atoms with E-state index in [0.717, 1.165) is 11.1 Å². The summed E-state index contributed by atoms with van der Waals surface area (Å²) in [6.45, 7) is 0. The van der Waals surface area contributed by atoms with Gasteiger partial charge in [-0.2, -0.15) is 0 Å². The van der Waals surface area contributed by atoms with Crippen LogP contribution < -0.4 is 0 Å². The third kappa shape index (κ3) is 2.76. The van der Waals surface area contributed by atoms with Gasteiger partial charge in [-0.15, -0.1) is 0 Å². The van der Waals surface area contributed by atoms with E-state index in [1.165, 1.54) is 6.26 Å². The van der Waals surface area contributed by atoms with Crippen molar-refractivity contribution < 1.29 is 8.42 Å². The largest absolute Gasteiger partial charge is 0.237 e. The van der Waals surface area contributed by atoms with Crippen molar-refractivity contribution in [2.75, 3.05) is 12.0 Å². The van der Waals surface area contributed by atoms with Gasteiger partial charge in [-0.05, 0) is 24.3 Å². The van der Waals surface area contributed by atoms with Crippen molar-refractivity contribution in [3.63, 3.8) is 0 Å². The highest BCUT2D eigenvalue weighted by atomic mass is 32.2. The number of nitrogens with zero attached hydrogens (tertiary/aromatic N) is 2. The zero-order valence-corrected chi connectivity index (χ0v) is 9.74. The number of sulfone groups is 1. The van der Waals surface area contributed by atoms with Crippen LogP contribution >= 0.6 is 0 Å². The van der Waals surface area contributed by atoms with Gasteiger partial charge in [0.05, 0.1) is 5.75 Å². The number of aromatic nitrogens is 2. The zero-order valence-electron chi connectivity index (χ0n) is 8.92. The summed E-state index contributed by atoms with van der Waals surface area (Å²) in [6, 6.07) is 7.53. The summed E-state index contributed by atoms with van der Waals surface area (Å²) in [7, 11) is -2.94. The normalized spacial score (nSPS) is 11.8. The van der Waals surface area contributed by atoms with Crippen molar-refractivity contribution in [2.45, 2.75) is 6.42 Å². The highest BCUT2D eigenvalue weighted by Gasteiger charge is 2.04. The van der Waals surface area contributed by atoms with Crippen LogP contribution in [0.15, 0.2) is 30.5 Å². The van der Waals surface area contributed by atoms with E-state index in [2.05, 4.69) is 9.97 Å². The van der Waals surface area contributed by atoms with Crippen molar-refractivity contribution in [2.24, 2.45) is 0 Å². The molecule has 84 valence electrons. The van der Waals surface area contributed by atoms with Crippen molar-refractivity contribution in [1.29, 1.82) is 0 Å². The third-order valence-corrected chi connectivity index (χ3v) is 3.20. The summed E-state index contributed by atoms with van der Waals surface area (Å²) >= 11 is 0. The van der Waals surface area contributed by atoms with Crippen LogP contribution in [0.5, 0.6) is 0 Å². The number of hydrogen-bond donors (Lipinski definition) is 0. The molecule has 2 aromatic heterocycles. The lowest BCUT2D eigenvalue weighted by molar-refractivity contribution is 0.601. The molecule has 0 aliphatic carbocycles. The predicted molar refractivity (Wildman–Crippen MR) is 63.0 cm³/mol. The molecule has 0 aliphatic rings. The van der Waals surface area contributed by atoms with Gasteiger partial charge in [0.25, 0.3) is 0 Å². The Balaban J connectivity index is 2.26. The maximum Gasteiger partial charge on any atom is 0.159 e. The molecule has 16 heavy (non-hydrogen) atoms. The van der Waals surface area contributed by atoms with Gasteiger partial charge in [-0.3, -0.25) is 0 Å².